The molecule has 0 amide bonds. The van der Waals surface area contributed by atoms with E-state index in [1.54, 1.807) is 13.1 Å². The molecule has 0 aromatic heterocycles. The molecule has 0 fully saturated rings. The van der Waals surface area contributed by atoms with Gasteiger partial charge in [0.05, 0.1) is 17.0 Å². The van der Waals surface area contributed by atoms with Gasteiger partial charge in [-0.3, -0.25) is 15.1 Å². The van der Waals surface area contributed by atoms with Gasteiger partial charge in [0.25, 0.3) is 5.69 Å². The highest BCUT2D eigenvalue weighted by Crippen LogP contribution is 2.34. The molecule has 5 heteroatoms. The second kappa shape index (κ2) is 3.16. The number of fused-ring (bicyclic) bond motifs is 1. The zero-order valence-electron chi connectivity index (χ0n) is 7.45. The Kier molecular flexibility index (Phi) is 2.11. The van der Waals surface area contributed by atoms with Gasteiger partial charge in [-0.2, -0.15) is 0 Å². The number of nitrogens with zero attached hydrogens (tertiary/aromatic N) is 2. The Hall–Kier alpha value is -1.23. The lowest BCUT2D eigenvalue weighted by atomic mass is 10.0. The van der Waals surface area contributed by atoms with Crippen LogP contribution in [0.3, 0.4) is 0 Å². The van der Waals surface area contributed by atoms with E-state index in [1.165, 1.54) is 0 Å². The van der Waals surface area contributed by atoms with Crippen LogP contribution in [-0.4, -0.2) is 11.1 Å². The van der Waals surface area contributed by atoms with E-state index in [4.69, 9.17) is 0 Å². The van der Waals surface area contributed by atoms with E-state index >= 15 is 0 Å². The van der Waals surface area contributed by atoms with Crippen molar-refractivity contribution in [3.63, 3.8) is 0 Å². The van der Waals surface area contributed by atoms with Crippen molar-refractivity contribution in [2.45, 2.75) is 13.5 Å². The van der Waals surface area contributed by atoms with Crippen LogP contribution < -0.4 is 0 Å². The number of aliphatic imine (C=N–C) groups is 1. The Morgan fingerprint density at radius 1 is 1.64 bits per heavy atom. The molecule has 1 aromatic carbocycles. The van der Waals surface area contributed by atoms with E-state index in [1.807, 2.05) is 6.07 Å². The van der Waals surface area contributed by atoms with Gasteiger partial charge in [0, 0.05) is 16.3 Å². The molecule has 0 unspecified atom stereocenters. The average Bonchev–Trinajstić information content (AvgIpc) is 2.52. The molecule has 14 heavy (non-hydrogen) atoms. The molecule has 0 spiro atoms. The molecular formula is C9H7BrN2O2. The Morgan fingerprint density at radius 2 is 2.36 bits per heavy atom. The summed E-state index contributed by atoms with van der Waals surface area (Å²) in [6.07, 6.45) is 1.58. The van der Waals surface area contributed by atoms with Crippen molar-refractivity contribution >= 4 is 27.8 Å². The standard InChI is InChI=1S/C9H7BrN2O2/c1-5-8(10)2-6-3-11-4-7(6)9(5)12(13)14/h2,4H,3H2,1H3. The Bertz CT molecular complexity index is 455. The first-order valence-corrected chi connectivity index (χ1v) is 4.86. The van der Waals surface area contributed by atoms with E-state index in [0.717, 1.165) is 10.0 Å². The van der Waals surface area contributed by atoms with E-state index in [9.17, 15) is 10.1 Å². The molecule has 0 radical (unpaired) electrons. The Labute approximate surface area is 88.9 Å². The highest BCUT2D eigenvalue weighted by atomic mass is 79.9. The van der Waals surface area contributed by atoms with Crippen molar-refractivity contribution in [3.05, 3.63) is 37.3 Å². The number of halogens is 1. The van der Waals surface area contributed by atoms with Crippen molar-refractivity contribution in [3.8, 4) is 0 Å². The van der Waals surface area contributed by atoms with Gasteiger partial charge in [-0.25, -0.2) is 0 Å². The highest BCUT2D eigenvalue weighted by molar-refractivity contribution is 9.10. The summed E-state index contributed by atoms with van der Waals surface area (Å²) in [5.74, 6) is 0. The Balaban J connectivity index is 2.77. The van der Waals surface area contributed by atoms with Gasteiger partial charge in [-0.15, -0.1) is 0 Å². The third kappa shape index (κ3) is 1.24. The van der Waals surface area contributed by atoms with Gasteiger partial charge in [0.15, 0.2) is 0 Å². The molecule has 0 aliphatic carbocycles. The van der Waals surface area contributed by atoms with Gasteiger partial charge in [-0.1, -0.05) is 15.9 Å². The first kappa shape index (κ1) is 9.33. The lowest BCUT2D eigenvalue weighted by Crippen LogP contribution is -1.99. The smallest absolute Gasteiger partial charge is 0.282 e. The maximum atomic E-state index is 10.9. The topological polar surface area (TPSA) is 55.5 Å². The van der Waals surface area contributed by atoms with Crippen LogP contribution >= 0.6 is 15.9 Å². The van der Waals surface area contributed by atoms with E-state index in [2.05, 4.69) is 20.9 Å². The lowest BCUT2D eigenvalue weighted by Gasteiger charge is -2.04. The van der Waals surface area contributed by atoms with Crippen molar-refractivity contribution in [1.82, 2.24) is 0 Å². The fourth-order valence-corrected chi connectivity index (χ4v) is 2.02. The van der Waals surface area contributed by atoms with E-state index in [-0.39, 0.29) is 10.6 Å². The maximum absolute atomic E-state index is 10.9. The number of rotatable bonds is 1. The van der Waals surface area contributed by atoms with Gasteiger partial charge >= 0.3 is 0 Å². The summed E-state index contributed by atoms with van der Waals surface area (Å²) in [4.78, 5) is 14.5. The van der Waals surface area contributed by atoms with Crippen LogP contribution in [0.1, 0.15) is 16.7 Å². The van der Waals surface area contributed by atoms with Crippen LogP contribution in [0.4, 0.5) is 5.69 Å². The first-order chi connectivity index (χ1) is 6.61. The van der Waals surface area contributed by atoms with Crippen LogP contribution in [0.15, 0.2) is 15.5 Å². The second-order valence-corrected chi connectivity index (χ2v) is 3.99. The zero-order chi connectivity index (χ0) is 10.3. The zero-order valence-corrected chi connectivity index (χ0v) is 9.04. The molecule has 0 N–H and O–H groups in total. The molecule has 1 aliphatic heterocycles. The molecule has 1 aliphatic rings. The minimum absolute atomic E-state index is 0.163. The average molecular weight is 255 g/mol. The predicted octanol–water partition coefficient (Wildman–Crippen LogP) is 2.60. The fraction of sp³-hybridized carbons (Fsp3) is 0.222. The van der Waals surface area contributed by atoms with Gasteiger partial charge in [0.1, 0.15) is 0 Å². The number of hydrogen-bond donors (Lipinski definition) is 0. The monoisotopic (exact) mass is 254 g/mol. The first-order valence-electron chi connectivity index (χ1n) is 4.07. The summed E-state index contributed by atoms with van der Waals surface area (Å²) in [5.41, 5.74) is 2.38. The van der Waals surface area contributed by atoms with Crippen molar-refractivity contribution in [2.75, 3.05) is 0 Å². The van der Waals surface area contributed by atoms with E-state index in [0.29, 0.717) is 17.7 Å². The maximum Gasteiger partial charge on any atom is 0.282 e. The molecule has 0 atom stereocenters. The largest absolute Gasteiger partial charge is 0.288 e. The molecule has 1 aromatic rings. The summed E-state index contributed by atoms with van der Waals surface area (Å²) < 4.78 is 0.772. The molecule has 2 rings (SSSR count). The summed E-state index contributed by atoms with van der Waals surface area (Å²) in [6, 6.07) is 1.89. The number of hydrogen-bond acceptors (Lipinski definition) is 3. The minimum Gasteiger partial charge on any atom is -0.288 e. The second-order valence-electron chi connectivity index (χ2n) is 3.13. The number of benzene rings is 1. The van der Waals surface area contributed by atoms with E-state index < -0.39 is 0 Å². The molecule has 0 saturated carbocycles. The third-order valence-corrected chi connectivity index (χ3v) is 3.10. The van der Waals surface area contributed by atoms with Gasteiger partial charge in [-0.05, 0) is 18.6 Å². The molecule has 1 heterocycles. The SMILES string of the molecule is Cc1c(Br)cc2c(c1[N+](=O)[O-])C=NC2. The minimum atomic E-state index is -0.351. The molecule has 4 nitrogen and oxygen atoms in total. The Morgan fingerprint density at radius 3 is 3.00 bits per heavy atom. The highest BCUT2D eigenvalue weighted by Gasteiger charge is 2.24. The summed E-state index contributed by atoms with van der Waals surface area (Å²) in [7, 11) is 0. The van der Waals surface area contributed by atoms with Crippen molar-refractivity contribution in [1.29, 1.82) is 0 Å². The van der Waals surface area contributed by atoms with Gasteiger partial charge in [0.2, 0.25) is 0 Å². The molecule has 72 valence electrons. The van der Waals surface area contributed by atoms with Gasteiger partial charge < -0.3 is 0 Å². The fourth-order valence-electron chi connectivity index (χ4n) is 1.55. The quantitative estimate of drug-likeness (QED) is 0.572. The molecular weight excluding hydrogens is 248 g/mol. The number of nitro groups is 1. The summed E-state index contributed by atoms with van der Waals surface area (Å²) in [5, 5.41) is 10.9. The van der Waals surface area contributed by atoms with Crippen LogP contribution in [0.25, 0.3) is 0 Å². The lowest BCUT2D eigenvalue weighted by molar-refractivity contribution is -0.385. The molecule has 0 saturated heterocycles. The van der Waals surface area contributed by atoms with Crippen molar-refractivity contribution in [2.24, 2.45) is 4.99 Å². The normalized spacial score (nSPS) is 13.0. The predicted molar refractivity (Wildman–Crippen MR) is 56.8 cm³/mol. The summed E-state index contributed by atoms with van der Waals surface area (Å²) >= 11 is 3.31. The van der Waals surface area contributed by atoms with Crippen LogP contribution in [0.2, 0.25) is 0 Å². The third-order valence-electron chi connectivity index (χ3n) is 2.28. The molecule has 0 bridgehead atoms. The van der Waals surface area contributed by atoms with Crippen LogP contribution in [0, 0.1) is 17.0 Å². The van der Waals surface area contributed by atoms with Crippen LogP contribution in [0.5, 0.6) is 0 Å². The van der Waals surface area contributed by atoms with Crippen LogP contribution in [-0.2, 0) is 6.54 Å². The number of nitro benzene ring substituents is 1. The van der Waals surface area contributed by atoms with Crippen molar-refractivity contribution < 1.29 is 4.92 Å². The summed E-state index contributed by atoms with van der Waals surface area (Å²) in [6.45, 7) is 2.27.